The Hall–Kier alpha value is -2.49. The molecule has 1 amide bonds. The Bertz CT molecular complexity index is 1090. The third kappa shape index (κ3) is 3.87. The molecule has 10 heteroatoms. The molecule has 1 saturated heterocycles. The van der Waals surface area contributed by atoms with Gasteiger partial charge in [0.25, 0.3) is 5.56 Å². The Morgan fingerprint density at radius 3 is 2.89 bits per heavy atom. The van der Waals surface area contributed by atoms with E-state index in [4.69, 9.17) is 16.3 Å². The number of hydrogen-bond donors (Lipinski definition) is 1. The molecule has 146 valence electrons. The van der Waals surface area contributed by atoms with Crippen molar-refractivity contribution in [1.29, 1.82) is 0 Å². The minimum atomic E-state index is -0.355. The maximum absolute atomic E-state index is 12.8. The average molecular weight is 420 g/mol. The maximum Gasteiger partial charge on any atom is 0.273 e. The molecule has 1 aliphatic rings. The van der Waals surface area contributed by atoms with Crippen LogP contribution >= 0.6 is 22.9 Å². The molecular formula is C18H18ClN5O3S. The van der Waals surface area contributed by atoms with Gasteiger partial charge < -0.3 is 15.0 Å². The third-order valence-electron chi connectivity index (χ3n) is 4.37. The zero-order valence-corrected chi connectivity index (χ0v) is 16.7. The number of hydrogen-bond acceptors (Lipinski definition) is 7. The number of aryl methyl sites for hydroxylation is 1. The topological polar surface area (TPSA) is 89.3 Å². The van der Waals surface area contributed by atoms with Gasteiger partial charge in [-0.3, -0.25) is 14.2 Å². The molecule has 28 heavy (non-hydrogen) atoms. The summed E-state index contributed by atoms with van der Waals surface area (Å²) in [5, 5.41) is 3.92. The van der Waals surface area contributed by atoms with Crippen LogP contribution in [0.2, 0.25) is 5.02 Å². The van der Waals surface area contributed by atoms with Crippen LogP contribution in [0.25, 0.3) is 10.3 Å². The van der Waals surface area contributed by atoms with Crippen molar-refractivity contribution >= 4 is 50.0 Å². The Morgan fingerprint density at radius 1 is 1.36 bits per heavy atom. The quantitative estimate of drug-likeness (QED) is 0.697. The lowest BCUT2D eigenvalue weighted by Crippen LogP contribution is -2.36. The summed E-state index contributed by atoms with van der Waals surface area (Å²) in [6.45, 7) is 4.49. The molecule has 2 aromatic heterocycles. The van der Waals surface area contributed by atoms with E-state index >= 15 is 0 Å². The van der Waals surface area contributed by atoms with E-state index in [1.807, 2.05) is 13.0 Å². The smallest absolute Gasteiger partial charge is 0.273 e. The minimum absolute atomic E-state index is 0.156. The van der Waals surface area contributed by atoms with Crippen molar-refractivity contribution in [2.75, 3.05) is 36.5 Å². The second-order valence-electron chi connectivity index (χ2n) is 6.46. The molecule has 1 aromatic carbocycles. The van der Waals surface area contributed by atoms with E-state index in [1.54, 1.807) is 12.1 Å². The van der Waals surface area contributed by atoms with Crippen LogP contribution in [-0.2, 0) is 16.1 Å². The summed E-state index contributed by atoms with van der Waals surface area (Å²) in [5.41, 5.74) is 1.61. The summed E-state index contributed by atoms with van der Waals surface area (Å²) in [5.74, 6) is -0.355. The number of carbonyl (C=O) groups is 1. The van der Waals surface area contributed by atoms with E-state index in [-0.39, 0.29) is 18.0 Å². The van der Waals surface area contributed by atoms with Crippen molar-refractivity contribution in [3.63, 3.8) is 0 Å². The first-order chi connectivity index (χ1) is 13.5. The number of aromatic nitrogens is 3. The molecule has 8 nitrogen and oxygen atoms in total. The summed E-state index contributed by atoms with van der Waals surface area (Å²) in [4.78, 5) is 35.9. The van der Waals surface area contributed by atoms with Gasteiger partial charge in [0.2, 0.25) is 5.91 Å². The first-order valence-electron chi connectivity index (χ1n) is 8.76. The number of rotatable bonds is 4. The number of morpholine rings is 1. The molecule has 0 radical (unpaired) electrons. The lowest BCUT2D eigenvalue weighted by molar-refractivity contribution is -0.116. The summed E-state index contributed by atoms with van der Waals surface area (Å²) in [7, 11) is 0. The SMILES string of the molecule is Cc1ccc(NC(=O)Cn2cnc3nc(N4CCOCC4)sc3c2=O)c(Cl)c1. The van der Waals surface area contributed by atoms with Crippen LogP contribution in [0.3, 0.4) is 0 Å². The van der Waals surface area contributed by atoms with Crippen LogP contribution in [0.15, 0.2) is 29.3 Å². The average Bonchev–Trinajstić information content (AvgIpc) is 3.12. The predicted octanol–water partition coefficient (Wildman–Crippen LogP) is 2.29. The van der Waals surface area contributed by atoms with E-state index in [9.17, 15) is 9.59 Å². The van der Waals surface area contributed by atoms with Crippen molar-refractivity contribution in [2.24, 2.45) is 0 Å². The predicted molar refractivity (Wildman–Crippen MR) is 110 cm³/mol. The van der Waals surface area contributed by atoms with Gasteiger partial charge >= 0.3 is 0 Å². The summed E-state index contributed by atoms with van der Waals surface area (Å²) >= 11 is 7.44. The van der Waals surface area contributed by atoms with Crippen LogP contribution in [0, 0.1) is 6.92 Å². The number of ether oxygens (including phenoxy) is 1. The zero-order chi connectivity index (χ0) is 19.7. The van der Waals surface area contributed by atoms with Crippen molar-refractivity contribution < 1.29 is 9.53 Å². The first kappa shape index (κ1) is 18.9. The Labute approximate surface area is 169 Å². The van der Waals surface area contributed by atoms with Crippen molar-refractivity contribution in [3.8, 4) is 0 Å². The second-order valence-corrected chi connectivity index (χ2v) is 7.84. The Kier molecular flexibility index (Phi) is 5.29. The molecule has 3 aromatic rings. The molecule has 0 saturated carbocycles. The number of nitrogens with one attached hydrogen (secondary N) is 1. The van der Waals surface area contributed by atoms with Gasteiger partial charge in [-0.25, -0.2) is 4.98 Å². The largest absolute Gasteiger partial charge is 0.378 e. The standard InChI is InChI=1S/C18H18ClN5O3S/c1-11-2-3-13(12(19)8-11)21-14(25)9-24-10-20-16-15(17(24)26)28-18(22-16)23-4-6-27-7-5-23/h2-3,8,10H,4-7,9H2,1H3,(H,21,25). The Morgan fingerprint density at radius 2 is 2.14 bits per heavy atom. The maximum atomic E-state index is 12.8. The van der Waals surface area contributed by atoms with Crippen LogP contribution in [0.5, 0.6) is 0 Å². The number of benzene rings is 1. The summed E-state index contributed by atoms with van der Waals surface area (Å²) in [6.07, 6.45) is 1.35. The molecule has 0 spiro atoms. The molecular weight excluding hydrogens is 402 g/mol. The molecule has 1 N–H and O–H groups in total. The lowest BCUT2D eigenvalue weighted by Gasteiger charge is -2.25. The Balaban J connectivity index is 1.54. The van der Waals surface area contributed by atoms with Gasteiger partial charge in [-0.2, -0.15) is 4.98 Å². The van der Waals surface area contributed by atoms with Crippen LogP contribution in [-0.4, -0.2) is 46.7 Å². The fourth-order valence-electron chi connectivity index (χ4n) is 2.90. The summed E-state index contributed by atoms with van der Waals surface area (Å²) in [6, 6.07) is 5.35. The number of thiazole rings is 1. The molecule has 1 fully saturated rings. The molecule has 0 bridgehead atoms. The van der Waals surface area contributed by atoms with Gasteiger partial charge in [-0.15, -0.1) is 0 Å². The number of amides is 1. The van der Waals surface area contributed by atoms with Crippen LogP contribution in [0.1, 0.15) is 5.56 Å². The van der Waals surface area contributed by atoms with Gasteiger partial charge in [-0.1, -0.05) is 29.0 Å². The highest BCUT2D eigenvalue weighted by Crippen LogP contribution is 2.26. The van der Waals surface area contributed by atoms with Crippen LogP contribution in [0.4, 0.5) is 10.8 Å². The normalized spacial score (nSPS) is 14.4. The minimum Gasteiger partial charge on any atom is -0.378 e. The highest BCUT2D eigenvalue weighted by Gasteiger charge is 2.18. The molecule has 0 unspecified atom stereocenters. The lowest BCUT2D eigenvalue weighted by atomic mass is 10.2. The monoisotopic (exact) mass is 419 g/mol. The zero-order valence-electron chi connectivity index (χ0n) is 15.1. The summed E-state index contributed by atoms with van der Waals surface area (Å²) < 4.78 is 7.06. The van der Waals surface area contributed by atoms with E-state index < -0.39 is 0 Å². The van der Waals surface area contributed by atoms with E-state index in [0.29, 0.717) is 34.3 Å². The first-order valence-corrected chi connectivity index (χ1v) is 9.95. The van der Waals surface area contributed by atoms with Gasteiger partial charge in [-0.05, 0) is 24.6 Å². The van der Waals surface area contributed by atoms with Gasteiger partial charge in [0.15, 0.2) is 10.8 Å². The molecule has 0 aliphatic carbocycles. The van der Waals surface area contributed by atoms with E-state index in [1.165, 1.54) is 22.2 Å². The molecule has 4 rings (SSSR count). The van der Waals surface area contributed by atoms with Gasteiger partial charge in [0.1, 0.15) is 17.6 Å². The van der Waals surface area contributed by atoms with E-state index in [0.717, 1.165) is 23.8 Å². The van der Waals surface area contributed by atoms with Gasteiger partial charge in [0.05, 0.1) is 23.9 Å². The van der Waals surface area contributed by atoms with Gasteiger partial charge in [0, 0.05) is 13.1 Å². The fraction of sp³-hybridized carbons (Fsp3) is 0.333. The third-order valence-corrected chi connectivity index (χ3v) is 5.77. The fourth-order valence-corrected chi connectivity index (χ4v) is 4.21. The number of carbonyl (C=O) groups excluding carboxylic acids is 1. The number of nitrogens with zero attached hydrogens (tertiary/aromatic N) is 4. The molecule has 1 aliphatic heterocycles. The van der Waals surface area contributed by atoms with Crippen molar-refractivity contribution in [2.45, 2.75) is 13.5 Å². The van der Waals surface area contributed by atoms with E-state index in [2.05, 4.69) is 20.2 Å². The highest BCUT2D eigenvalue weighted by atomic mass is 35.5. The van der Waals surface area contributed by atoms with Crippen molar-refractivity contribution in [1.82, 2.24) is 14.5 Å². The number of halogens is 1. The van der Waals surface area contributed by atoms with Crippen molar-refractivity contribution in [3.05, 3.63) is 45.5 Å². The van der Waals surface area contributed by atoms with Crippen LogP contribution < -0.4 is 15.8 Å². The highest BCUT2D eigenvalue weighted by molar-refractivity contribution is 7.22. The number of fused-ring (bicyclic) bond motifs is 1. The number of anilines is 2. The second kappa shape index (κ2) is 7.86. The molecule has 3 heterocycles. The molecule has 0 atom stereocenters.